The molecule has 0 aliphatic heterocycles. The van der Waals surface area contributed by atoms with Gasteiger partial charge < -0.3 is 5.32 Å². The third-order valence-corrected chi connectivity index (χ3v) is 5.07. The first-order valence-corrected chi connectivity index (χ1v) is 7.86. The first-order chi connectivity index (χ1) is 8.70. The molecule has 0 radical (unpaired) electrons. The van der Waals surface area contributed by atoms with E-state index in [-0.39, 0.29) is 0 Å². The van der Waals surface area contributed by atoms with E-state index in [1.807, 2.05) is 19.1 Å². The summed E-state index contributed by atoms with van der Waals surface area (Å²) in [5.74, 6) is 0. The van der Waals surface area contributed by atoms with Gasteiger partial charge in [-0.1, -0.05) is 42.4 Å². The molecule has 0 aliphatic rings. The van der Waals surface area contributed by atoms with Gasteiger partial charge in [0.25, 0.3) is 0 Å². The van der Waals surface area contributed by atoms with Gasteiger partial charge in [-0.15, -0.1) is 11.3 Å². The molecule has 5 heteroatoms. The third-order valence-electron chi connectivity index (χ3n) is 2.40. The van der Waals surface area contributed by atoms with Crippen molar-refractivity contribution in [3.63, 3.8) is 0 Å². The van der Waals surface area contributed by atoms with E-state index in [9.17, 15) is 0 Å². The molecule has 18 heavy (non-hydrogen) atoms. The van der Waals surface area contributed by atoms with Gasteiger partial charge in [-0.05, 0) is 25.1 Å². The smallest absolute Gasteiger partial charge is 0.154 e. The molecule has 0 saturated carbocycles. The molecule has 1 aromatic carbocycles. The van der Waals surface area contributed by atoms with Gasteiger partial charge in [0.2, 0.25) is 0 Å². The number of nitrogens with zero attached hydrogens (tertiary/aromatic N) is 1. The summed E-state index contributed by atoms with van der Waals surface area (Å²) in [6.07, 6.45) is 0. The number of aromatic nitrogens is 1. The number of benzene rings is 1. The summed E-state index contributed by atoms with van der Waals surface area (Å²) in [4.78, 5) is 5.58. The van der Waals surface area contributed by atoms with Crippen LogP contribution in [0.4, 0.5) is 0 Å². The first-order valence-electron chi connectivity index (χ1n) is 5.78. The van der Waals surface area contributed by atoms with Gasteiger partial charge in [0.05, 0.1) is 5.02 Å². The Labute approximate surface area is 121 Å². The summed E-state index contributed by atoms with van der Waals surface area (Å²) in [7, 11) is 0. The average Bonchev–Trinajstić information content (AvgIpc) is 2.76. The van der Waals surface area contributed by atoms with Crippen LogP contribution in [0.2, 0.25) is 5.02 Å². The number of halogens is 1. The lowest BCUT2D eigenvalue weighted by molar-refractivity contribution is 0.718. The van der Waals surface area contributed by atoms with Crippen molar-refractivity contribution < 1.29 is 0 Å². The molecule has 0 atom stereocenters. The van der Waals surface area contributed by atoms with E-state index in [1.165, 1.54) is 5.56 Å². The SMILES string of the molecule is CCNCc1cccc(Cl)c1Sc1nc(C)cs1. The zero-order chi connectivity index (χ0) is 13.0. The van der Waals surface area contributed by atoms with E-state index >= 15 is 0 Å². The Hall–Kier alpha value is -0.550. The highest BCUT2D eigenvalue weighted by Gasteiger charge is 2.10. The van der Waals surface area contributed by atoms with Crippen molar-refractivity contribution in [3.8, 4) is 0 Å². The van der Waals surface area contributed by atoms with Crippen LogP contribution < -0.4 is 5.32 Å². The molecular formula is C13H15ClN2S2. The molecule has 0 bridgehead atoms. The number of nitrogens with one attached hydrogen (secondary N) is 1. The van der Waals surface area contributed by atoms with Gasteiger partial charge >= 0.3 is 0 Å². The fourth-order valence-corrected chi connectivity index (χ4v) is 3.75. The molecule has 1 heterocycles. The molecule has 1 aromatic heterocycles. The molecular weight excluding hydrogens is 284 g/mol. The molecule has 2 aromatic rings. The highest BCUT2D eigenvalue weighted by atomic mass is 35.5. The van der Waals surface area contributed by atoms with E-state index < -0.39 is 0 Å². The highest BCUT2D eigenvalue weighted by molar-refractivity contribution is 8.01. The second-order valence-electron chi connectivity index (χ2n) is 3.87. The maximum Gasteiger partial charge on any atom is 0.154 e. The molecule has 0 aliphatic carbocycles. The van der Waals surface area contributed by atoms with Crippen molar-refractivity contribution in [1.82, 2.24) is 10.3 Å². The van der Waals surface area contributed by atoms with Crippen LogP contribution in [0.1, 0.15) is 18.2 Å². The third kappa shape index (κ3) is 3.48. The topological polar surface area (TPSA) is 24.9 Å². The van der Waals surface area contributed by atoms with Crippen LogP contribution in [0.5, 0.6) is 0 Å². The van der Waals surface area contributed by atoms with Gasteiger partial charge in [0, 0.05) is 22.5 Å². The van der Waals surface area contributed by atoms with Crippen LogP contribution in [0.25, 0.3) is 0 Å². The van der Waals surface area contributed by atoms with Gasteiger partial charge in [0.1, 0.15) is 0 Å². The maximum atomic E-state index is 6.29. The van der Waals surface area contributed by atoms with Crippen molar-refractivity contribution in [2.75, 3.05) is 6.54 Å². The summed E-state index contributed by atoms with van der Waals surface area (Å²) in [5, 5.41) is 6.19. The predicted molar refractivity (Wildman–Crippen MR) is 79.8 cm³/mol. The van der Waals surface area contributed by atoms with Gasteiger partial charge in [-0.2, -0.15) is 0 Å². The number of rotatable bonds is 5. The zero-order valence-electron chi connectivity index (χ0n) is 10.4. The van der Waals surface area contributed by atoms with Crippen molar-refractivity contribution in [2.24, 2.45) is 0 Å². The molecule has 0 spiro atoms. The van der Waals surface area contributed by atoms with E-state index in [2.05, 4.69) is 28.7 Å². The predicted octanol–water partition coefficient (Wildman–Crippen LogP) is 4.37. The van der Waals surface area contributed by atoms with E-state index in [0.717, 1.165) is 33.0 Å². The highest BCUT2D eigenvalue weighted by Crippen LogP contribution is 2.37. The lowest BCUT2D eigenvalue weighted by atomic mass is 10.2. The van der Waals surface area contributed by atoms with Crippen molar-refractivity contribution >= 4 is 34.7 Å². The average molecular weight is 299 g/mol. The van der Waals surface area contributed by atoms with Crippen molar-refractivity contribution in [3.05, 3.63) is 39.9 Å². The number of hydrogen-bond acceptors (Lipinski definition) is 4. The molecule has 0 amide bonds. The fourth-order valence-electron chi connectivity index (χ4n) is 1.53. The van der Waals surface area contributed by atoms with Crippen molar-refractivity contribution in [2.45, 2.75) is 29.6 Å². The van der Waals surface area contributed by atoms with Gasteiger partial charge in [-0.25, -0.2) is 4.98 Å². The van der Waals surface area contributed by atoms with Crippen LogP contribution >= 0.6 is 34.7 Å². The minimum Gasteiger partial charge on any atom is -0.313 e. The van der Waals surface area contributed by atoms with Crippen LogP contribution in [0.3, 0.4) is 0 Å². The second kappa shape index (κ2) is 6.57. The Bertz CT molecular complexity index is 525. The molecule has 96 valence electrons. The monoisotopic (exact) mass is 298 g/mol. The number of thiazole rings is 1. The zero-order valence-corrected chi connectivity index (χ0v) is 12.8. The van der Waals surface area contributed by atoms with Crippen LogP contribution in [-0.4, -0.2) is 11.5 Å². The minimum absolute atomic E-state index is 0.795. The summed E-state index contributed by atoms with van der Waals surface area (Å²) in [5.41, 5.74) is 2.28. The van der Waals surface area contributed by atoms with Crippen LogP contribution in [0.15, 0.2) is 32.8 Å². The number of aryl methyl sites for hydroxylation is 1. The van der Waals surface area contributed by atoms with Crippen LogP contribution in [0, 0.1) is 6.92 Å². The summed E-state index contributed by atoms with van der Waals surface area (Å²) in [6.45, 7) is 5.89. The maximum absolute atomic E-state index is 6.29. The Balaban J connectivity index is 2.24. The normalized spacial score (nSPS) is 10.8. The molecule has 0 fully saturated rings. The first kappa shape index (κ1) is 13.9. The molecule has 2 nitrogen and oxygen atoms in total. The quantitative estimate of drug-likeness (QED) is 0.887. The lowest BCUT2D eigenvalue weighted by Crippen LogP contribution is -2.12. The molecule has 0 unspecified atom stereocenters. The van der Waals surface area contributed by atoms with E-state index in [0.29, 0.717) is 0 Å². The summed E-state index contributed by atoms with van der Waals surface area (Å²) in [6, 6.07) is 6.03. The molecule has 0 saturated heterocycles. The summed E-state index contributed by atoms with van der Waals surface area (Å²) >= 11 is 9.60. The minimum atomic E-state index is 0.795. The van der Waals surface area contributed by atoms with Gasteiger partial charge in [-0.3, -0.25) is 0 Å². The van der Waals surface area contributed by atoms with Crippen LogP contribution in [-0.2, 0) is 6.54 Å². The molecule has 1 N–H and O–H groups in total. The number of hydrogen-bond donors (Lipinski definition) is 1. The van der Waals surface area contributed by atoms with E-state index in [4.69, 9.17) is 11.6 Å². The largest absolute Gasteiger partial charge is 0.313 e. The van der Waals surface area contributed by atoms with Gasteiger partial charge in [0.15, 0.2) is 4.34 Å². The Kier molecular flexibility index (Phi) is 5.06. The molecule has 2 rings (SSSR count). The lowest BCUT2D eigenvalue weighted by Gasteiger charge is -2.10. The Morgan fingerprint density at radius 1 is 1.44 bits per heavy atom. The van der Waals surface area contributed by atoms with E-state index in [1.54, 1.807) is 23.1 Å². The Morgan fingerprint density at radius 3 is 2.94 bits per heavy atom. The van der Waals surface area contributed by atoms with Crippen molar-refractivity contribution in [1.29, 1.82) is 0 Å². The summed E-state index contributed by atoms with van der Waals surface area (Å²) < 4.78 is 1.04. The second-order valence-corrected chi connectivity index (χ2v) is 6.39. The standard InChI is InChI=1S/C13H15ClN2S2/c1-3-15-7-10-5-4-6-11(14)12(10)18-13-16-9(2)8-17-13/h4-6,8,15H,3,7H2,1-2H3. The Morgan fingerprint density at radius 2 is 2.28 bits per heavy atom. The fraction of sp³-hybridized carbons (Fsp3) is 0.308.